The number of carbonyl (C=O) groups is 2. The van der Waals surface area contributed by atoms with Crippen molar-refractivity contribution in [2.75, 3.05) is 6.54 Å². The van der Waals surface area contributed by atoms with E-state index in [1.54, 1.807) is 42.9 Å². The molecule has 3 aromatic rings. The fourth-order valence-electron chi connectivity index (χ4n) is 3.95. The number of hydrogen-bond acceptors (Lipinski definition) is 5. The van der Waals surface area contributed by atoms with E-state index in [1.807, 2.05) is 10.8 Å². The van der Waals surface area contributed by atoms with Crippen LogP contribution in [-0.2, 0) is 16.1 Å². The fraction of sp³-hybridized carbons (Fsp3) is 0.174. The largest absolute Gasteiger partial charge is 0.872 e. The summed E-state index contributed by atoms with van der Waals surface area (Å²) in [4.78, 5) is 41.3. The van der Waals surface area contributed by atoms with E-state index in [2.05, 4.69) is 20.9 Å². The summed E-state index contributed by atoms with van der Waals surface area (Å²) in [6.45, 7) is 0.706. The van der Waals surface area contributed by atoms with Crippen molar-refractivity contribution in [3.63, 3.8) is 0 Å². The number of carbonyl (C=O) groups excluding carboxylic acids is 2. The normalized spacial score (nSPS) is 17.5. The Morgan fingerprint density at radius 2 is 1.88 bits per heavy atom. The van der Waals surface area contributed by atoms with Gasteiger partial charge < -0.3 is 10.0 Å². The number of aryl methyl sites for hydroxylation is 1. The third-order valence-electron chi connectivity index (χ3n) is 5.48. The number of ketones is 1. The van der Waals surface area contributed by atoms with Gasteiger partial charge in [-0.3, -0.25) is 24.7 Å². The minimum atomic E-state index is -1.14. The molecule has 33 heavy (non-hydrogen) atoms. The van der Waals surface area contributed by atoms with Gasteiger partial charge in [0.05, 0.1) is 23.1 Å². The summed E-state index contributed by atoms with van der Waals surface area (Å²) in [5.41, 5.74) is -0.166. The van der Waals surface area contributed by atoms with Crippen molar-refractivity contribution in [1.29, 1.82) is 0 Å². The molecule has 4 rings (SSSR count). The van der Waals surface area contributed by atoms with Crippen LogP contribution in [0, 0.1) is 10.1 Å². The predicted octanol–water partition coefficient (Wildman–Crippen LogP) is 2.29. The topological polar surface area (TPSA) is 123 Å². The number of nitrogens with one attached hydrogen (secondary N) is 1. The number of halogens is 1. The second-order valence-electron chi connectivity index (χ2n) is 7.50. The van der Waals surface area contributed by atoms with E-state index in [0.717, 1.165) is 4.47 Å². The number of H-pyrrole nitrogens is 1. The van der Waals surface area contributed by atoms with Gasteiger partial charge in [0.25, 0.3) is 11.6 Å². The van der Waals surface area contributed by atoms with Gasteiger partial charge in [-0.05, 0) is 23.8 Å². The summed E-state index contributed by atoms with van der Waals surface area (Å²) in [7, 11) is 0. The van der Waals surface area contributed by atoms with Crippen molar-refractivity contribution in [2.45, 2.75) is 19.0 Å². The molecule has 0 spiro atoms. The van der Waals surface area contributed by atoms with Gasteiger partial charge in [0.1, 0.15) is 12.4 Å². The molecule has 1 unspecified atom stereocenters. The van der Waals surface area contributed by atoms with E-state index >= 15 is 0 Å². The highest BCUT2D eigenvalue weighted by Crippen LogP contribution is 2.42. The first-order valence-electron chi connectivity index (χ1n) is 10.2. The molecule has 0 aliphatic carbocycles. The van der Waals surface area contributed by atoms with Crippen LogP contribution in [0.2, 0.25) is 0 Å². The molecular formula is C23H19BrN4O5. The molecule has 0 radical (unpaired) electrons. The number of nitro benzene ring substituents is 1. The Labute approximate surface area is 197 Å². The first kappa shape index (κ1) is 22.4. The lowest BCUT2D eigenvalue weighted by molar-refractivity contribution is -0.695. The second-order valence-corrected chi connectivity index (χ2v) is 8.41. The van der Waals surface area contributed by atoms with Crippen LogP contribution in [0.4, 0.5) is 5.69 Å². The number of benzene rings is 2. The van der Waals surface area contributed by atoms with Crippen LogP contribution in [0.5, 0.6) is 0 Å². The van der Waals surface area contributed by atoms with Gasteiger partial charge in [0, 0.05) is 29.1 Å². The quantitative estimate of drug-likeness (QED) is 0.130. The fourth-order valence-corrected chi connectivity index (χ4v) is 4.21. The van der Waals surface area contributed by atoms with Gasteiger partial charge in [-0.2, -0.15) is 0 Å². The summed E-state index contributed by atoms with van der Waals surface area (Å²) in [5, 5.41) is 25.1. The highest BCUT2D eigenvalue weighted by atomic mass is 79.9. The molecular weight excluding hydrogens is 492 g/mol. The van der Waals surface area contributed by atoms with E-state index in [-0.39, 0.29) is 28.9 Å². The van der Waals surface area contributed by atoms with E-state index in [0.29, 0.717) is 13.0 Å². The summed E-state index contributed by atoms with van der Waals surface area (Å²) < 4.78 is 2.62. The van der Waals surface area contributed by atoms with E-state index in [9.17, 15) is 24.8 Å². The molecule has 1 saturated heterocycles. The Bertz CT molecular complexity index is 1240. The van der Waals surface area contributed by atoms with Gasteiger partial charge >= 0.3 is 0 Å². The molecule has 1 aliphatic rings. The number of hydrogen-bond donors (Lipinski definition) is 1. The zero-order chi connectivity index (χ0) is 23.5. The molecule has 9 nitrogen and oxygen atoms in total. The monoisotopic (exact) mass is 510 g/mol. The second kappa shape index (κ2) is 9.37. The number of nitrogens with zero attached hydrogens (tertiary/aromatic N) is 3. The highest BCUT2D eigenvalue weighted by molar-refractivity contribution is 9.10. The number of aromatic amines is 1. The Kier molecular flexibility index (Phi) is 6.36. The molecule has 1 fully saturated rings. The number of amides is 1. The van der Waals surface area contributed by atoms with E-state index < -0.39 is 28.4 Å². The molecule has 10 heteroatoms. The summed E-state index contributed by atoms with van der Waals surface area (Å²) in [5.74, 6) is -2.38. The molecule has 2 aromatic carbocycles. The van der Waals surface area contributed by atoms with Crippen LogP contribution < -0.4 is 9.67 Å². The molecule has 1 aromatic heterocycles. The first-order chi connectivity index (χ1) is 15.9. The zero-order valence-electron chi connectivity index (χ0n) is 17.3. The Hall–Kier alpha value is -3.79. The Morgan fingerprint density at radius 1 is 1.15 bits per heavy atom. The maximum absolute atomic E-state index is 13.4. The average molecular weight is 511 g/mol. The Balaban J connectivity index is 1.80. The van der Waals surface area contributed by atoms with E-state index in [4.69, 9.17) is 0 Å². The number of likely N-dealkylation sites (tertiary alicyclic amines) is 1. The maximum Gasteiger partial charge on any atom is 0.295 e. The summed E-state index contributed by atoms with van der Waals surface area (Å²) in [6.07, 6.45) is 5.82. The molecule has 168 valence electrons. The lowest BCUT2D eigenvalue weighted by atomic mass is 9.94. The average Bonchev–Trinajstić information content (AvgIpc) is 3.41. The minimum Gasteiger partial charge on any atom is -0.872 e. The lowest BCUT2D eigenvalue weighted by Gasteiger charge is -2.27. The number of imidazole rings is 1. The first-order valence-corrected chi connectivity index (χ1v) is 11.0. The Morgan fingerprint density at radius 3 is 2.55 bits per heavy atom. The molecule has 1 aliphatic heterocycles. The third-order valence-corrected chi connectivity index (χ3v) is 6.01. The van der Waals surface area contributed by atoms with Crippen molar-refractivity contribution in [3.05, 3.63) is 98.5 Å². The molecule has 0 saturated carbocycles. The highest BCUT2D eigenvalue weighted by Gasteiger charge is 2.46. The van der Waals surface area contributed by atoms with E-state index in [1.165, 1.54) is 23.1 Å². The van der Waals surface area contributed by atoms with Gasteiger partial charge in [-0.15, -0.1) is 0 Å². The summed E-state index contributed by atoms with van der Waals surface area (Å²) in [6, 6.07) is 11.1. The molecule has 1 amide bonds. The van der Waals surface area contributed by atoms with Crippen LogP contribution in [0.3, 0.4) is 0 Å². The predicted molar refractivity (Wildman–Crippen MR) is 119 cm³/mol. The van der Waals surface area contributed by atoms with Crippen molar-refractivity contribution >= 4 is 39.1 Å². The van der Waals surface area contributed by atoms with Crippen molar-refractivity contribution in [3.8, 4) is 0 Å². The van der Waals surface area contributed by atoms with Crippen LogP contribution in [-0.4, -0.2) is 33.0 Å². The zero-order valence-corrected chi connectivity index (χ0v) is 18.9. The van der Waals surface area contributed by atoms with Gasteiger partial charge in [0.2, 0.25) is 12.1 Å². The molecule has 1 atom stereocenters. The minimum absolute atomic E-state index is 0.136. The number of Topliss-reactive ketones (excluding diaryl/α,β-unsaturated/α-hetero) is 1. The van der Waals surface area contributed by atoms with Crippen LogP contribution in [0.15, 0.2) is 77.3 Å². The molecule has 1 N–H and O–H groups in total. The van der Waals surface area contributed by atoms with Crippen LogP contribution >= 0.6 is 15.9 Å². The SMILES string of the molecule is O=C1C(=O)N(CCC[n+]2cc[nH]c2)C(c2ccccc2[N+](=O)[O-])/C1=C(\[O-])c1ccc(Br)cc1. The van der Waals surface area contributed by atoms with Crippen molar-refractivity contribution < 1.29 is 24.2 Å². The molecule has 0 bridgehead atoms. The standard InChI is InChI=1S/C23H19BrN4O5/c24-16-8-6-15(7-9-16)21(29)19-20(17-4-1-2-5-18(17)28(32)33)27(23(31)22(19)30)12-3-11-26-13-10-25-14-26/h1-2,4-10,13-14,20H,3,11-12H2,(H,29,30). The van der Waals surface area contributed by atoms with Crippen LogP contribution in [0.1, 0.15) is 23.6 Å². The number of para-hydroxylation sites is 1. The van der Waals surface area contributed by atoms with Gasteiger partial charge in [-0.25, -0.2) is 4.57 Å². The lowest BCUT2D eigenvalue weighted by Crippen LogP contribution is -2.36. The number of rotatable bonds is 7. The number of aromatic nitrogens is 2. The maximum atomic E-state index is 13.4. The van der Waals surface area contributed by atoms with Crippen LogP contribution in [0.25, 0.3) is 5.76 Å². The van der Waals surface area contributed by atoms with Gasteiger partial charge in [0.15, 0.2) is 0 Å². The van der Waals surface area contributed by atoms with Crippen molar-refractivity contribution in [1.82, 2.24) is 9.88 Å². The van der Waals surface area contributed by atoms with Crippen molar-refractivity contribution in [2.24, 2.45) is 0 Å². The summed E-state index contributed by atoms with van der Waals surface area (Å²) >= 11 is 3.30. The number of nitro groups is 1. The van der Waals surface area contributed by atoms with Gasteiger partial charge in [-0.1, -0.05) is 46.0 Å². The smallest absolute Gasteiger partial charge is 0.295 e. The third kappa shape index (κ3) is 4.42. The molecule has 2 heterocycles.